The molecule has 0 aliphatic rings. The minimum Gasteiger partial charge on any atom is -0.497 e. The summed E-state index contributed by atoms with van der Waals surface area (Å²) in [7, 11) is -2.63. The van der Waals surface area contributed by atoms with Gasteiger partial charge in [0.1, 0.15) is 24.1 Å². The third-order valence-corrected chi connectivity index (χ3v) is 8.13. The molecule has 0 aliphatic heterocycles. The Morgan fingerprint density at radius 3 is 2.20 bits per heavy atom. The summed E-state index contributed by atoms with van der Waals surface area (Å²) in [4.78, 5) is 28.2. The van der Waals surface area contributed by atoms with Gasteiger partial charge in [-0.1, -0.05) is 42.0 Å². The van der Waals surface area contributed by atoms with Gasteiger partial charge < -0.3 is 19.7 Å². The van der Waals surface area contributed by atoms with Crippen LogP contribution in [0.15, 0.2) is 77.7 Å². The first-order chi connectivity index (χ1) is 19.1. The first kappa shape index (κ1) is 30.5. The van der Waals surface area contributed by atoms with Crippen molar-refractivity contribution in [1.29, 1.82) is 0 Å². The summed E-state index contributed by atoms with van der Waals surface area (Å²) < 4.78 is 40.0. The highest BCUT2D eigenvalue weighted by Gasteiger charge is 2.33. The number of ether oxygens (including phenoxy) is 2. The molecule has 0 bridgehead atoms. The van der Waals surface area contributed by atoms with Crippen molar-refractivity contribution in [2.45, 2.75) is 45.2 Å². The molecule has 40 heavy (non-hydrogen) atoms. The van der Waals surface area contributed by atoms with E-state index in [1.165, 1.54) is 17.0 Å². The fraction of sp³-hybridized carbons (Fsp3) is 0.333. The van der Waals surface area contributed by atoms with E-state index in [4.69, 9.17) is 9.47 Å². The Hall–Kier alpha value is -4.05. The zero-order valence-corrected chi connectivity index (χ0v) is 24.4. The number of likely N-dealkylation sites (N-methyl/N-ethyl adjacent to an activating group) is 1. The molecule has 10 heteroatoms. The van der Waals surface area contributed by atoms with Gasteiger partial charge in [0, 0.05) is 13.1 Å². The predicted molar refractivity (Wildman–Crippen MR) is 155 cm³/mol. The van der Waals surface area contributed by atoms with Crippen molar-refractivity contribution in [1.82, 2.24) is 10.2 Å². The van der Waals surface area contributed by atoms with E-state index < -0.39 is 28.5 Å². The molecule has 0 radical (unpaired) electrons. The topological polar surface area (TPSA) is 105 Å². The second-order valence-corrected chi connectivity index (χ2v) is 11.0. The van der Waals surface area contributed by atoms with E-state index in [1.807, 2.05) is 6.92 Å². The Kier molecular flexibility index (Phi) is 10.6. The Bertz CT molecular complexity index is 1390. The number of nitrogens with one attached hydrogen (secondary N) is 1. The van der Waals surface area contributed by atoms with E-state index >= 15 is 0 Å². The van der Waals surface area contributed by atoms with Crippen LogP contribution in [0.5, 0.6) is 11.5 Å². The van der Waals surface area contributed by atoms with Crippen molar-refractivity contribution in [3.8, 4) is 11.5 Å². The van der Waals surface area contributed by atoms with E-state index in [1.54, 1.807) is 88.5 Å². The lowest BCUT2D eigenvalue weighted by Gasteiger charge is -2.32. The minimum absolute atomic E-state index is 0.0377. The van der Waals surface area contributed by atoms with Crippen molar-refractivity contribution in [3.63, 3.8) is 0 Å². The van der Waals surface area contributed by atoms with Crippen molar-refractivity contribution >= 4 is 27.5 Å². The molecule has 3 aromatic carbocycles. The molecule has 0 spiro atoms. The van der Waals surface area contributed by atoms with Gasteiger partial charge in [-0.05, 0) is 69.7 Å². The molecule has 1 N–H and O–H groups in total. The molecule has 3 rings (SSSR count). The maximum absolute atomic E-state index is 14.0. The van der Waals surface area contributed by atoms with Crippen molar-refractivity contribution in [2.75, 3.05) is 31.1 Å². The lowest BCUT2D eigenvalue weighted by Crippen LogP contribution is -2.51. The standard InChI is InChI=1S/C30H37N3O6S/c1-6-31-30(35)23(4)32(20-24-14-16-25(38-5)17-15-24)29(34)21-33(27-10-8-9-11-28(27)39-7-2)40(36,37)26-18-12-22(3)13-19-26/h8-19,23H,6-7,20-21H2,1-5H3,(H,31,35). The Morgan fingerprint density at radius 1 is 0.950 bits per heavy atom. The van der Waals surface area contributed by atoms with E-state index in [9.17, 15) is 18.0 Å². The van der Waals surface area contributed by atoms with Crippen LogP contribution >= 0.6 is 0 Å². The van der Waals surface area contributed by atoms with E-state index in [2.05, 4.69) is 5.32 Å². The van der Waals surface area contributed by atoms with Crippen LogP contribution in [-0.4, -0.2) is 58.0 Å². The zero-order chi connectivity index (χ0) is 29.3. The maximum Gasteiger partial charge on any atom is 0.264 e. The van der Waals surface area contributed by atoms with Crippen molar-refractivity contribution < 1.29 is 27.5 Å². The Balaban J connectivity index is 2.07. The van der Waals surface area contributed by atoms with Gasteiger partial charge in [-0.25, -0.2) is 8.42 Å². The summed E-state index contributed by atoms with van der Waals surface area (Å²) in [5, 5.41) is 2.75. The molecule has 1 atom stereocenters. The van der Waals surface area contributed by atoms with Gasteiger partial charge in [-0.2, -0.15) is 0 Å². The number of amides is 2. The zero-order valence-electron chi connectivity index (χ0n) is 23.6. The quantitative estimate of drug-likeness (QED) is 0.333. The van der Waals surface area contributed by atoms with Crippen LogP contribution in [-0.2, 0) is 26.2 Å². The summed E-state index contributed by atoms with van der Waals surface area (Å²) in [6, 6.07) is 19.4. The number of nitrogens with zero attached hydrogens (tertiary/aromatic N) is 2. The number of anilines is 1. The van der Waals surface area contributed by atoms with Gasteiger partial charge in [-0.15, -0.1) is 0 Å². The maximum atomic E-state index is 14.0. The molecule has 0 heterocycles. The smallest absolute Gasteiger partial charge is 0.264 e. The van der Waals surface area contributed by atoms with Gasteiger partial charge >= 0.3 is 0 Å². The van der Waals surface area contributed by atoms with Crippen molar-refractivity contribution in [2.24, 2.45) is 0 Å². The number of para-hydroxylation sites is 2. The number of aryl methyl sites for hydroxylation is 1. The molecule has 0 fully saturated rings. The number of hydrogen-bond donors (Lipinski definition) is 1. The SMILES string of the molecule is CCNC(=O)C(C)N(Cc1ccc(OC)cc1)C(=O)CN(c1ccccc1OCC)S(=O)(=O)c1ccc(C)cc1. The normalized spacial score (nSPS) is 11.8. The van der Waals surface area contributed by atoms with Gasteiger partial charge in [0.25, 0.3) is 10.0 Å². The third kappa shape index (κ3) is 7.32. The number of carbonyl (C=O) groups excluding carboxylic acids is 2. The fourth-order valence-electron chi connectivity index (χ4n) is 4.12. The number of methoxy groups -OCH3 is 1. The largest absolute Gasteiger partial charge is 0.497 e. The second kappa shape index (κ2) is 13.8. The fourth-order valence-corrected chi connectivity index (χ4v) is 5.55. The molecule has 3 aromatic rings. The number of rotatable bonds is 13. The van der Waals surface area contributed by atoms with E-state index in [-0.39, 0.29) is 23.0 Å². The van der Waals surface area contributed by atoms with Crippen molar-refractivity contribution in [3.05, 3.63) is 83.9 Å². The van der Waals surface area contributed by atoms with E-state index in [0.717, 1.165) is 15.4 Å². The van der Waals surface area contributed by atoms with Crippen LogP contribution in [0.4, 0.5) is 5.69 Å². The first-order valence-electron chi connectivity index (χ1n) is 13.1. The molecule has 9 nitrogen and oxygen atoms in total. The number of sulfonamides is 1. The Labute approximate surface area is 236 Å². The highest BCUT2D eigenvalue weighted by molar-refractivity contribution is 7.92. The molecule has 0 saturated heterocycles. The summed E-state index contributed by atoms with van der Waals surface area (Å²) in [5.41, 5.74) is 1.89. The van der Waals surface area contributed by atoms with Gasteiger partial charge in [0.15, 0.2) is 0 Å². The molecule has 0 aromatic heterocycles. The molecule has 2 amide bonds. The highest BCUT2D eigenvalue weighted by atomic mass is 32.2. The third-order valence-electron chi connectivity index (χ3n) is 6.35. The monoisotopic (exact) mass is 567 g/mol. The summed E-state index contributed by atoms with van der Waals surface area (Å²) in [6.07, 6.45) is 0. The van der Waals surface area contributed by atoms with Crippen LogP contribution in [0.1, 0.15) is 31.9 Å². The molecular formula is C30H37N3O6S. The lowest BCUT2D eigenvalue weighted by molar-refractivity contribution is -0.139. The van der Waals surface area contributed by atoms with Gasteiger partial charge in [0.2, 0.25) is 11.8 Å². The summed E-state index contributed by atoms with van der Waals surface area (Å²) in [6.45, 7) is 7.32. The minimum atomic E-state index is -4.19. The van der Waals surface area contributed by atoms with Crippen LogP contribution in [0.3, 0.4) is 0 Å². The van der Waals surface area contributed by atoms with Gasteiger partial charge in [0.05, 0.1) is 24.3 Å². The molecular weight excluding hydrogens is 530 g/mol. The number of carbonyl (C=O) groups is 2. The van der Waals surface area contributed by atoms with Crippen LogP contribution in [0.25, 0.3) is 0 Å². The second-order valence-electron chi connectivity index (χ2n) is 9.17. The molecule has 0 aliphatic carbocycles. The summed E-state index contributed by atoms with van der Waals surface area (Å²) in [5.74, 6) is 0.0943. The molecule has 0 saturated carbocycles. The average molecular weight is 568 g/mol. The van der Waals surface area contributed by atoms with E-state index in [0.29, 0.717) is 24.7 Å². The van der Waals surface area contributed by atoms with Crippen LogP contribution in [0, 0.1) is 6.92 Å². The first-order valence-corrected chi connectivity index (χ1v) is 14.6. The predicted octanol–water partition coefficient (Wildman–Crippen LogP) is 4.15. The number of benzene rings is 3. The molecule has 214 valence electrons. The van der Waals surface area contributed by atoms with Crippen LogP contribution < -0.4 is 19.1 Å². The highest BCUT2D eigenvalue weighted by Crippen LogP contribution is 2.33. The van der Waals surface area contributed by atoms with Crippen LogP contribution in [0.2, 0.25) is 0 Å². The summed E-state index contributed by atoms with van der Waals surface area (Å²) >= 11 is 0. The average Bonchev–Trinajstić information content (AvgIpc) is 2.95. The molecule has 1 unspecified atom stereocenters. The Morgan fingerprint density at radius 2 is 1.60 bits per heavy atom. The lowest BCUT2D eigenvalue weighted by atomic mass is 10.1. The van der Waals surface area contributed by atoms with Gasteiger partial charge in [-0.3, -0.25) is 13.9 Å². The number of hydrogen-bond acceptors (Lipinski definition) is 6.